The van der Waals surface area contributed by atoms with Gasteiger partial charge in [-0.05, 0) is 18.2 Å². The fraction of sp³-hybridized carbons (Fsp3) is 0. The number of hydrogen-bond donors (Lipinski definition) is 0. The van der Waals surface area contributed by atoms with Crippen molar-refractivity contribution in [3.8, 4) is 23.3 Å². The maximum Gasteiger partial charge on any atom is 0.250 e. The van der Waals surface area contributed by atoms with Crippen LogP contribution < -0.4 is 0 Å². The number of carbonyl (C=O) groups excluding carboxylic acids is 1. The molecule has 0 saturated carbocycles. The minimum absolute atomic E-state index is 0.389. The summed E-state index contributed by atoms with van der Waals surface area (Å²) in [6.45, 7) is 0. The lowest BCUT2D eigenvalue weighted by molar-refractivity contribution is 0.112. The zero-order valence-corrected chi connectivity index (χ0v) is 10.8. The molecule has 0 radical (unpaired) electrons. The number of aldehydes is 1. The molecule has 1 aromatic carbocycles. The molecule has 0 N–H and O–H groups in total. The topological polar surface area (TPSA) is 84.5 Å². The molecule has 0 bridgehead atoms. The van der Waals surface area contributed by atoms with Crippen LogP contribution in [-0.2, 0) is 0 Å². The molecule has 0 amide bonds. The van der Waals surface area contributed by atoms with Crippen molar-refractivity contribution in [1.29, 1.82) is 5.26 Å². The van der Waals surface area contributed by atoms with Crippen molar-refractivity contribution in [2.24, 2.45) is 0 Å². The van der Waals surface area contributed by atoms with Gasteiger partial charge in [-0.3, -0.25) is 4.79 Å². The number of hydrogen-bond acceptors (Lipinski definition) is 5. The van der Waals surface area contributed by atoms with Crippen LogP contribution in [-0.4, -0.2) is 26.0 Å². The zero-order valence-electron chi connectivity index (χ0n) is 10.8. The maximum absolute atomic E-state index is 11.2. The van der Waals surface area contributed by atoms with Gasteiger partial charge in [0.15, 0.2) is 6.29 Å². The van der Waals surface area contributed by atoms with E-state index in [0.29, 0.717) is 22.8 Å². The highest BCUT2D eigenvalue weighted by atomic mass is 16.1. The van der Waals surface area contributed by atoms with E-state index in [-0.39, 0.29) is 0 Å². The van der Waals surface area contributed by atoms with Gasteiger partial charge >= 0.3 is 0 Å². The highest BCUT2D eigenvalue weighted by molar-refractivity contribution is 5.85. The first-order valence-corrected chi connectivity index (χ1v) is 6.14. The van der Waals surface area contributed by atoms with E-state index in [9.17, 15) is 4.79 Å². The molecule has 0 aliphatic heterocycles. The monoisotopic (exact) mass is 275 g/mol. The average molecular weight is 275 g/mol. The van der Waals surface area contributed by atoms with Gasteiger partial charge in [-0.25, -0.2) is 14.6 Å². The van der Waals surface area contributed by atoms with Gasteiger partial charge in [-0.15, -0.1) is 0 Å². The first-order valence-electron chi connectivity index (χ1n) is 6.14. The van der Waals surface area contributed by atoms with Gasteiger partial charge < -0.3 is 0 Å². The molecular formula is C15H9N5O. The fourth-order valence-corrected chi connectivity index (χ4v) is 1.91. The van der Waals surface area contributed by atoms with Crippen molar-refractivity contribution in [2.45, 2.75) is 0 Å². The van der Waals surface area contributed by atoms with E-state index >= 15 is 0 Å². The summed E-state index contributed by atoms with van der Waals surface area (Å²) >= 11 is 0. The van der Waals surface area contributed by atoms with E-state index in [0.717, 1.165) is 11.8 Å². The number of nitrogens with zero attached hydrogens (tertiary/aromatic N) is 5. The number of nitriles is 1. The predicted molar refractivity (Wildman–Crippen MR) is 74.7 cm³/mol. The Hall–Kier alpha value is -3.33. The van der Waals surface area contributed by atoms with Crippen LogP contribution >= 0.6 is 0 Å². The lowest BCUT2D eigenvalue weighted by Gasteiger charge is -1.99. The standard InChI is InChI=1S/C15H9N5O/c16-8-11-2-4-12(5-3-11)14-13(10-21)9-20(19-14)15-17-6-1-7-18-15/h1-7,9-10H. The molecular weight excluding hydrogens is 266 g/mol. The van der Waals surface area contributed by atoms with Crippen LogP contribution in [0.4, 0.5) is 0 Å². The van der Waals surface area contributed by atoms with Crippen LogP contribution in [0.25, 0.3) is 17.2 Å². The molecule has 2 heterocycles. The number of benzene rings is 1. The van der Waals surface area contributed by atoms with E-state index in [2.05, 4.69) is 21.1 Å². The Labute approximate surface area is 120 Å². The second-order valence-corrected chi connectivity index (χ2v) is 4.23. The van der Waals surface area contributed by atoms with Gasteiger partial charge in [-0.2, -0.15) is 10.4 Å². The molecule has 100 valence electrons. The Bertz CT molecular complexity index is 816. The van der Waals surface area contributed by atoms with E-state index in [1.54, 1.807) is 48.9 Å². The molecule has 2 aromatic heterocycles. The van der Waals surface area contributed by atoms with Gasteiger partial charge in [0.1, 0.15) is 5.69 Å². The molecule has 6 heteroatoms. The van der Waals surface area contributed by atoms with Crippen molar-refractivity contribution in [1.82, 2.24) is 19.7 Å². The van der Waals surface area contributed by atoms with Gasteiger partial charge in [0.2, 0.25) is 5.95 Å². The number of aromatic nitrogens is 4. The molecule has 6 nitrogen and oxygen atoms in total. The molecule has 0 fully saturated rings. The third-order valence-corrected chi connectivity index (χ3v) is 2.91. The minimum Gasteiger partial charge on any atom is -0.298 e. The third kappa shape index (κ3) is 2.40. The summed E-state index contributed by atoms with van der Waals surface area (Å²) in [5, 5.41) is 13.2. The molecule has 0 aliphatic carbocycles. The largest absolute Gasteiger partial charge is 0.298 e. The molecule has 0 unspecified atom stereocenters. The first kappa shape index (κ1) is 12.7. The highest BCUT2D eigenvalue weighted by Crippen LogP contribution is 2.22. The molecule has 3 aromatic rings. The van der Waals surface area contributed by atoms with Crippen LogP contribution in [0.3, 0.4) is 0 Å². The fourth-order valence-electron chi connectivity index (χ4n) is 1.91. The zero-order chi connectivity index (χ0) is 14.7. The van der Waals surface area contributed by atoms with E-state index < -0.39 is 0 Å². The molecule has 0 aliphatic rings. The SMILES string of the molecule is N#Cc1ccc(-c2nn(-c3ncccn3)cc2C=O)cc1. The molecule has 3 rings (SSSR count). The van der Waals surface area contributed by atoms with Gasteiger partial charge in [0, 0.05) is 24.2 Å². The Kier molecular flexibility index (Phi) is 3.23. The van der Waals surface area contributed by atoms with E-state index in [4.69, 9.17) is 5.26 Å². The molecule has 21 heavy (non-hydrogen) atoms. The van der Waals surface area contributed by atoms with Crippen LogP contribution in [0.5, 0.6) is 0 Å². The predicted octanol–water partition coefficient (Wildman–Crippen LogP) is 2.01. The van der Waals surface area contributed by atoms with E-state index in [1.807, 2.05) is 0 Å². The van der Waals surface area contributed by atoms with Crippen molar-refractivity contribution in [3.05, 3.63) is 60.0 Å². The van der Waals surface area contributed by atoms with Crippen molar-refractivity contribution >= 4 is 6.29 Å². The lowest BCUT2D eigenvalue weighted by atomic mass is 10.1. The number of carbonyl (C=O) groups is 1. The quantitative estimate of drug-likeness (QED) is 0.683. The highest BCUT2D eigenvalue weighted by Gasteiger charge is 2.12. The summed E-state index contributed by atoms with van der Waals surface area (Å²) in [5.41, 5.74) is 2.28. The normalized spacial score (nSPS) is 10.0. The summed E-state index contributed by atoms with van der Waals surface area (Å²) in [7, 11) is 0. The van der Waals surface area contributed by atoms with Crippen molar-refractivity contribution < 1.29 is 4.79 Å². The smallest absolute Gasteiger partial charge is 0.250 e. The second-order valence-electron chi connectivity index (χ2n) is 4.23. The van der Waals surface area contributed by atoms with Gasteiger partial charge in [0.05, 0.1) is 17.2 Å². The van der Waals surface area contributed by atoms with Crippen molar-refractivity contribution in [2.75, 3.05) is 0 Å². The maximum atomic E-state index is 11.2. The van der Waals surface area contributed by atoms with Crippen LogP contribution in [0, 0.1) is 11.3 Å². The summed E-state index contributed by atoms with van der Waals surface area (Å²) in [4.78, 5) is 19.4. The summed E-state index contributed by atoms with van der Waals surface area (Å²) in [6, 6.07) is 10.6. The summed E-state index contributed by atoms with van der Waals surface area (Å²) < 4.78 is 1.46. The average Bonchev–Trinajstić information content (AvgIpc) is 3.00. The third-order valence-electron chi connectivity index (χ3n) is 2.91. The Balaban J connectivity index is 2.08. The number of rotatable bonds is 3. The summed E-state index contributed by atoms with van der Waals surface area (Å²) in [6.07, 6.45) is 5.52. The Morgan fingerprint density at radius 2 is 1.86 bits per heavy atom. The molecule has 0 atom stereocenters. The van der Waals surface area contributed by atoms with Crippen molar-refractivity contribution in [3.63, 3.8) is 0 Å². The van der Waals surface area contributed by atoms with E-state index in [1.165, 1.54) is 4.68 Å². The van der Waals surface area contributed by atoms with Gasteiger partial charge in [-0.1, -0.05) is 12.1 Å². The first-order chi connectivity index (χ1) is 10.3. The summed E-state index contributed by atoms with van der Waals surface area (Å²) in [5.74, 6) is 0.389. The molecule has 0 saturated heterocycles. The Morgan fingerprint density at radius 3 is 2.48 bits per heavy atom. The lowest BCUT2D eigenvalue weighted by Crippen LogP contribution is -2.00. The van der Waals surface area contributed by atoms with Gasteiger partial charge in [0.25, 0.3) is 0 Å². The molecule has 0 spiro atoms. The van der Waals surface area contributed by atoms with Crippen LogP contribution in [0.15, 0.2) is 48.9 Å². The Morgan fingerprint density at radius 1 is 1.14 bits per heavy atom. The minimum atomic E-state index is 0.389. The second kappa shape index (κ2) is 5.35. The van der Waals surface area contributed by atoms with Crippen LogP contribution in [0.1, 0.15) is 15.9 Å². The van der Waals surface area contributed by atoms with Crippen LogP contribution in [0.2, 0.25) is 0 Å².